The number of nitrogens with one attached hydrogen (secondary N) is 2. The van der Waals surface area contributed by atoms with Crippen molar-refractivity contribution < 1.29 is 13.2 Å². The van der Waals surface area contributed by atoms with Crippen LogP contribution in [0.4, 0.5) is 13.2 Å². The summed E-state index contributed by atoms with van der Waals surface area (Å²) in [6.07, 6.45) is -3.50. The average Bonchev–Trinajstić information content (AvgIpc) is 2.36. The SMILES string of the molecule is CCNC(=NCc1ccc(Cl)nc1)NCCC(F)(F)F. The van der Waals surface area contributed by atoms with E-state index in [1.54, 1.807) is 18.3 Å². The molecule has 0 aliphatic carbocycles. The van der Waals surface area contributed by atoms with Gasteiger partial charge in [0.05, 0.1) is 13.0 Å². The van der Waals surface area contributed by atoms with Gasteiger partial charge in [-0.15, -0.1) is 0 Å². The van der Waals surface area contributed by atoms with Crippen LogP contribution in [-0.2, 0) is 6.54 Å². The third kappa shape index (κ3) is 7.18. The van der Waals surface area contributed by atoms with Crippen LogP contribution >= 0.6 is 11.6 Å². The van der Waals surface area contributed by atoms with Crippen molar-refractivity contribution >= 4 is 17.6 Å². The summed E-state index contributed by atoms with van der Waals surface area (Å²) < 4.78 is 36.2. The maximum atomic E-state index is 12.1. The first kappa shape index (κ1) is 16.6. The molecular weight excluding hydrogens is 293 g/mol. The molecule has 2 N–H and O–H groups in total. The molecule has 4 nitrogen and oxygen atoms in total. The zero-order valence-corrected chi connectivity index (χ0v) is 11.7. The minimum absolute atomic E-state index is 0.214. The molecule has 20 heavy (non-hydrogen) atoms. The van der Waals surface area contributed by atoms with Gasteiger partial charge in [-0.25, -0.2) is 9.98 Å². The number of nitrogens with zero attached hydrogens (tertiary/aromatic N) is 2. The first-order valence-corrected chi connectivity index (χ1v) is 6.48. The van der Waals surface area contributed by atoms with Crippen molar-refractivity contribution in [3.63, 3.8) is 0 Å². The molecule has 1 heterocycles. The minimum Gasteiger partial charge on any atom is -0.357 e. The third-order valence-corrected chi connectivity index (χ3v) is 2.48. The zero-order chi connectivity index (χ0) is 15.0. The molecule has 0 atom stereocenters. The van der Waals surface area contributed by atoms with Crippen LogP contribution in [0.2, 0.25) is 5.15 Å². The zero-order valence-electron chi connectivity index (χ0n) is 11.0. The summed E-state index contributed by atoms with van der Waals surface area (Å²) in [5, 5.41) is 5.89. The van der Waals surface area contributed by atoms with Gasteiger partial charge in [0, 0.05) is 19.3 Å². The Morgan fingerprint density at radius 2 is 2.10 bits per heavy atom. The van der Waals surface area contributed by atoms with Crippen LogP contribution < -0.4 is 10.6 Å². The van der Waals surface area contributed by atoms with Crippen LogP contribution in [0.25, 0.3) is 0 Å². The molecule has 1 rings (SSSR count). The fourth-order valence-corrected chi connectivity index (χ4v) is 1.45. The number of halogens is 4. The van der Waals surface area contributed by atoms with Crippen molar-refractivity contribution in [3.05, 3.63) is 29.0 Å². The molecule has 0 bridgehead atoms. The summed E-state index contributed by atoms with van der Waals surface area (Å²) in [4.78, 5) is 8.08. The minimum atomic E-state index is -4.18. The lowest BCUT2D eigenvalue weighted by Gasteiger charge is -2.12. The second-order valence-electron chi connectivity index (χ2n) is 3.98. The second kappa shape index (κ2) is 7.94. The van der Waals surface area contributed by atoms with Crippen molar-refractivity contribution in [2.75, 3.05) is 13.1 Å². The number of guanidine groups is 1. The van der Waals surface area contributed by atoms with E-state index in [0.29, 0.717) is 24.2 Å². The van der Waals surface area contributed by atoms with Crippen molar-refractivity contribution in [3.8, 4) is 0 Å². The van der Waals surface area contributed by atoms with E-state index in [1.807, 2.05) is 6.92 Å². The lowest BCUT2D eigenvalue weighted by Crippen LogP contribution is -2.38. The molecule has 1 aromatic heterocycles. The number of alkyl halides is 3. The number of rotatable bonds is 5. The van der Waals surface area contributed by atoms with Gasteiger partial charge >= 0.3 is 6.18 Å². The highest BCUT2D eigenvalue weighted by molar-refractivity contribution is 6.29. The Kier molecular flexibility index (Phi) is 6.57. The summed E-state index contributed by atoms with van der Waals surface area (Å²) in [6, 6.07) is 3.40. The highest BCUT2D eigenvalue weighted by atomic mass is 35.5. The van der Waals surface area contributed by atoms with Gasteiger partial charge in [0.2, 0.25) is 0 Å². The van der Waals surface area contributed by atoms with Gasteiger partial charge in [-0.05, 0) is 18.6 Å². The molecule has 0 spiro atoms. The molecule has 0 saturated heterocycles. The molecule has 0 aliphatic heterocycles. The van der Waals surface area contributed by atoms with E-state index < -0.39 is 12.6 Å². The van der Waals surface area contributed by atoms with Crippen LogP contribution in [0.5, 0.6) is 0 Å². The van der Waals surface area contributed by atoms with Gasteiger partial charge in [-0.1, -0.05) is 17.7 Å². The number of aromatic nitrogens is 1. The molecule has 0 aliphatic rings. The Hall–Kier alpha value is -1.50. The Labute approximate surface area is 120 Å². The summed E-state index contributed by atoms with van der Waals surface area (Å²) in [5.74, 6) is 0.340. The number of hydrogen-bond acceptors (Lipinski definition) is 2. The first-order chi connectivity index (χ1) is 9.40. The molecule has 112 valence electrons. The topological polar surface area (TPSA) is 49.3 Å². The summed E-state index contributed by atoms with van der Waals surface area (Å²) >= 11 is 5.66. The summed E-state index contributed by atoms with van der Waals surface area (Å²) in [6.45, 7) is 2.50. The monoisotopic (exact) mass is 308 g/mol. The van der Waals surface area contributed by atoms with E-state index in [9.17, 15) is 13.2 Å². The largest absolute Gasteiger partial charge is 0.390 e. The molecular formula is C12H16ClF3N4. The van der Waals surface area contributed by atoms with Gasteiger partial charge < -0.3 is 10.6 Å². The van der Waals surface area contributed by atoms with E-state index in [0.717, 1.165) is 5.56 Å². The van der Waals surface area contributed by atoms with E-state index in [2.05, 4.69) is 20.6 Å². The highest BCUT2D eigenvalue weighted by Crippen LogP contribution is 2.18. The molecule has 0 radical (unpaired) electrons. The van der Waals surface area contributed by atoms with Crippen LogP contribution in [0, 0.1) is 0 Å². The maximum Gasteiger partial charge on any atom is 0.390 e. The summed E-state index contributed by atoms with van der Waals surface area (Å²) in [5.41, 5.74) is 0.822. The van der Waals surface area contributed by atoms with E-state index in [4.69, 9.17) is 11.6 Å². The molecule has 0 amide bonds. The fourth-order valence-electron chi connectivity index (χ4n) is 1.33. The van der Waals surface area contributed by atoms with Gasteiger partial charge in [0.15, 0.2) is 5.96 Å². The molecule has 1 aromatic rings. The Morgan fingerprint density at radius 1 is 1.35 bits per heavy atom. The quantitative estimate of drug-likeness (QED) is 0.499. The highest BCUT2D eigenvalue weighted by Gasteiger charge is 2.26. The lowest BCUT2D eigenvalue weighted by atomic mass is 10.3. The first-order valence-electron chi connectivity index (χ1n) is 6.10. The van der Waals surface area contributed by atoms with Gasteiger partial charge in [0.1, 0.15) is 5.15 Å². The Bertz CT molecular complexity index is 431. The number of aliphatic imine (C=N–C) groups is 1. The smallest absolute Gasteiger partial charge is 0.357 e. The molecule has 0 fully saturated rings. The van der Waals surface area contributed by atoms with E-state index in [1.165, 1.54) is 0 Å². The van der Waals surface area contributed by atoms with E-state index >= 15 is 0 Å². The lowest BCUT2D eigenvalue weighted by molar-refractivity contribution is -0.132. The van der Waals surface area contributed by atoms with Gasteiger partial charge in [-0.3, -0.25) is 0 Å². The number of pyridine rings is 1. The van der Waals surface area contributed by atoms with Crippen LogP contribution in [0.3, 0.4) is 0 Å². The van der Waals surface area contributed by atoms with Crippen molar-refractivity contribution in [2.45, 2.75) is 26.1 Å². The standard InChI is InChI=1S/C12H16ClF3N4/c1-2-17-11(18-6-5-12(14,15)16)20-8-9-3-4-10(13)19-7-9/h3-4,7H,2,5-6,8H2,1H3,(H2,17,18,20). The number of hydrogen-bond donors (Lipinski definition) is 2. The van der Waals surface area contributed by atoms with Crippen LogP contribution in [-0.4, -0.2) is 30.2 Å². The molecule has 8 heteroatoms. The Balaban J connectivity index is 2.51. The molecule has 0 unspecified atom stereocenters. The predicted molar refractivity (Wildman–Crippen MR) is 72.7 cm³/mol. The second-order valence-corrected chi connectivity index (χ2v) is 4.36. The predicted octanol–water partition coefficient (Wildman–Crippen LogP) is 2.74. The van der Waals surface area contributed by atoms with Crippen molar-refractivity contribution in [1.29, 1.82) is 0 Å². The average molecular weight is 309 g/mol. The third-order valence-electron chi connectivity index (χ3n) is 2.25. The van der Waals surface area contributed by atoms with Crippen LogP contribution in [0.15, 0.2) is 23.3 Å². The van der Waals surface area contributed by atoms with Crippen molar-refractivity contribution in [2.24, 2.45) is 4.99 Å². The Morgan fingerprint density at radius 3 is 2.65 bits per heavy atom. The van der Waals surface area contributed by atoms with Gasteiger partial charge in [-0.2, -0.15) is 13.2 Å². The van der Waals surface area contributed by atoms with Gasteiger partial charge in [0.25, 0.3) is 0 Å². The normalized spacial score (nSPS) is 12.3. The molecule has 0 aromatic carbocycles. The van der Waals surface area contributed by atoms with Crippen molar-refractivity contribution in [1.82, 2.24) is 15.6 Å². The molecule has 0 saturated carbocycles. The van der Waals surface area contributed by atoms with E-state index in [-0.39, 0.29) is 6.54 Å². The fraction of sp³-hybridized carbons (Fsp3) is 0.500. The summed E-state index contributed by atoms with van der Waals surface area (Å²) in [7, 11) is 0. The maximum absolute atomic E-state index is 12.1. The van der Waals surface area contributed by atoms with Crippen LogP contribution in [0.1, 0.15) is 18.9 Å².